The van der Waals surface area contributed by atoms with Crippen LogP contribution in [0.1, 0.15) is 29.6 Å². The molecule has 0 aliphatic carbocycles. The first kappa shape index (κ1) is 21.0. The molecule has 2 heterocycles. The van der Waals surface area contributed by atoms with Crippen molar-refractivity contribution in [2.24, 2.45) is 0 Å². The molecule has 2 fully saturated rings. The van der Waals surface area contributed by atoms with E-state index in [1.54, 1.807) is 6.07 Å². The lowest BCUT2D eigenvalue weighted by Gasteiger charge is -2.30. The summed E-state index contributed by atoms with van der Waals surface area (Å²) < 4.78 is 42.7. The maximum atomic E-state index is 12.9. The van der Waals surface area contributed by atoms with E-state index in [1.807, 2.05) is 4.90 Å². The highest BCUT2D eigenvalue weighted by Gasteiger charge is 2.26. The predicted molar refractivity (Wildman–Crippen MR) is 104 cm³/mol. The van der Waals surface area contributed by atoms with Crippen molar-refractivity contribution < 1.29 is 27.4 Å². The van der Waals surface area contributed by atoms with E-state index >= 15 is 0 Å². The van der Waals surface area contributed by atoms with Crippen molar-refractivity contribution in [3.05, 3.63) is 23.8 Å². The third-order valence-corrected chi connectivity index (χ3v) is 6.80. The van der Waals surface area contributed by atoms with Crippen molar-refractivity contribution >= 4 is 21.7 Å². The fraction of sp³-hybridized carbons (Fsp3) is 0.632. The summed E-state index contributed by atoms with van der Waals surface area (Å²) in [4.78, 5) is 14.9. The molecule has 1 aromatic rings. The molecule has 0 aromatic heterocycles. The average Bonchev–Trinajstić information content (AvgIpc) is 2.72. The summed E-state index contributed by atoms with van der Waals surface area (Å²) in [5.74, 6) is -0.536. The highest BCUT2D eigenvalue weighted by atomic mass is 32.2. The van der Waals surface area contributed by atoms with Gasteiger partial charge in [0.05, 0.1) is 35.5 Å². The minimum Gasteiger partial charge on any atom is -0.459 e. The van der Waals surface area contributed by atoms with Crippen LogP contribution in [0.5, 0.6) is 0 Å². The van der Waals surface area contributed by atoms with Gasteiger partial charge in [0.15, 0.2) is 0 Å². The van der Waals surface area contributed by atoms with E-state index in [2.05, 4.69) is 0 Å². The van der Waals surface area contributed by atoms with Gasteiger partial charge in [-0.3, -0.25) is 0 Å². The average molecular weight is 413 g/mol. The van der Waals surface area contributed by atoms with Gasteiger partial charge in [0.1, 0.15) is 6.61 Å². The fourth-order valence-electron chi connectivity index (χ4n) is 3.32. The van der Waals surface area contributed by atoms with E-state index in [0.717, 1.165) is 23.6 Å². The second kappa shape index (κ2) is 9.21. The molecule has 0 N–H and O–H groups in total. The summed E-state index contributed by atoms with van der Waals surface area (Å²) >= 11 is 0. The number of rotatable bonds is 6. The van der Waals surface area contributed by atoms with Crippen molar-refractivity contribution in [1.82, 2.24) is 4.31 Å². The quantitative estimate of drug-likeness (QED) is 0.655. The molecule has 28 heavy (non-hydrogen) atoms. The van der Waals surface area contributed by atoms with Crippen LogP contribution in [0.4, 0.5) is 5.69 Å². The number of esters is 1. The Hall–Kier alpha value is -1.68. The molecule has 9 heteroatoms. The molecule has 0 saturated carbocycles. The number of anilines is 1. The zero-order valence-electron chi connectivity index (χ0n) is 16.4. The first-order valence-electron chi connectivity index (χ1n) is 9.57. The number of ether oxygens (including phenoxy) is 3. The molecular weight excluding hydrogens is 384 g/mol. The minimum atomic E-state index is -3.66. The van der Waals surface area contributed by atoms with Crippen LogP contribution in [0.3, 0.4) is 0 Å². The lowest BCUT2D eigenvalue weighted by molar-refractivity contribution is -0.0300. The van der Waals surface area contributed by atoms with Crippen molar-refractivity contribution in [2.45, 2.75) is 30.3 Å². The van der Waals surface area contributed by atoms with Gasteiger partial charge in [0.25, 0.3) is 0 Å². The van der Waals surface area contributed by atoms with Crippen LogP contribution >= 0.6 is 0 Å². The third kappa shape index (κ3) is 4.83. The molecule has 0 radical (unpaired) electrons. The Morgan fingerprint density at radius 1 is 1.21 bits per heavy atom. The Labute approximate surface area is 166 Å². The third-order valence-electron chi connectivity index (χ3n) is 4.99. The zero-order chi connectivity index (χ0) is 20.1. The van der Waals surface area contributed by atoms with Gasteiger partial charge in [-0.15, -0.1) is 0 Å². The number of hydrogen-bond donors (Lipinski definition) is 0. The van der Waals surface area contributed by atoms with Crippen LogP contribution in [0.2, 0.25) is 0 Å². The van der Waals surface area contributed by atoms with Gasteiger partial charge in [-0.05, 0) is 37.5 Å². The fourth-order valence-corrected chi connectivity index (χ4v) is 4.24. The molecular formula is C19H28N2O6S. The van der Waals surface area contributed by atoms with E-state index in [4.69, 9.17) is 14.2 Å². The Bertz CT molecular complexity index is 784. The van der Waals surface area contributed by atoms with Crippen LogP contribution in [0, 0.1) is 0 Å². The lowest BCUT2D eigenvalue weighted by atomic mass is 10.1. The summed E-state index contributed by atoms with van der Waals surface area (Å²) in [6.07, 6.45) is 2.84. The Kier molecular flexibility index (Phi) is 6.92. The topological polar surface area (TPSA) is 85.4 Å². The predicted octanol–water partition coefficient (Wildman–Crippen LogP) is 1.50. The number of carbonyl (C=O) groups excluding carboxylic acids is 1. The highest BCUT2D eigenvalue weighted by molar-refractivity contribution is 7.89. The number of nitrogens with zero attached hydrogens (tertiary/aromatic N) is 2. The monoisotopic (exact) mass is 412 g/mol. The molecule has 3 rings (SSSR count). The molecule has 2 aliphatic heterocycles. The minimum absolute atomic E-state index is 0.0652. The van der Waals surface area contributed by atoms with E-state index in [-0.39, 0.29) is 23.2 Å². The maximum Gasteiger partial charge on any atom is 0.340 e. The highest BCUT2D eigenvalue weighted by Crippen LogP contribution is 2.27. The van der Waals surface area contributed by atoms with Crippen molar-refractivity contribution in [1.29, 1.82) is 0 Å². The first-order chi connectivity index (χ1) is 13.4. The summed E-state index contributed by atoms with van der Waals surface area (Å²) in [5.41, 5.74) is 0.913. The largest absolute Gasteiger partial charge is 0.459 e. The van der Waals surface area contributed by atoms with Gasteiger partial charge < -0.3 is 19.1 Å². The normalized spacial score (nSPS) is 21.0. The number of carbonyl (C=O) groups is 1. The smallest absolute Gasteiger partial charge is 0.340 e. The maximum absolute atomic E-state index is 12.9. The number of benzene rings is 1. The molecule has 1 atom stereocenters. The Morgan fingerprint density at radius 3 is 2.61 bits per heavy atom. The first-order valence-corrected chi connectivity index (χ1v) is 11.0. The number of sulfonamides is 1. The van der Waals surface area contributed by atoms with Crippen LogP contribution in [-0.2, 0) is 24.2 Å². The number of hydrogen-bond acceptors (Lipinski definition) is 7. The molecule has 2 saturated heterocycles. The van der Waals surface area contributed by atoms with Crippen molar-refractivity contribution in [2.75, 3.05) is 58.5 Å². The van der Waals surface area contributed by atoms with E-state index < -0.39 is 16.0 Å². The SMILES string of the molecule is CN(C)S(=O)(=O)c1ccc(N2CCOCC2)c(C(=O)OCC2CCCCO2)c1. The van der Waals surface area contributed by atoms with Gasteiger partial charge in [-0.1, -0.05) is 0 Å². The van der Waals surface area contributed by atoms with Crippen molar-refractivity contribution in [3.63, 3.8) is 0 Å². The van der Waals surface area contributed by atoms with E-state index in [9.17, 15) is 13.2 Å². The van der Waals surface area contributed by atoms with Crippen LogP contribution < -0.4 is 4.90 Å². The van der Waals surface area contributed by atoms with Gasteiger partial charge in [-0.25, -0.2) is 17.5 Å². The molecule has 2 aliphatic rings. The molecule has 8 nitrogen and oxygen atoms in total. The molecule has 156 valence electrons. The molecule has 1 unspecified atom stereocenters. The van der Waals surface area contributed by atoms with Gasteiger partial charge in [0, 0.05) is 33.8 Å². The van der Waals surface area contributed by atoms with Crippen LogP contribution in [0.15, 0.2) is 23.1 Å². The van der Waals surface area contributed by atoms with E-state index in [0.29, 0.717) is 38.6 Å². The second-order valence-corrected chi connectivity index (χ2v) is 9.30. The molecule has 1 aromatic carbocycles. The van der Waals surface area contributed by atoms with Gasteiger partial charge in [-0.2, -0.15) is 0 Å². The summed E-state index contributed by atoms with van der Waals surface area (Å²) in [6, 6.07) is 4.61. The Balaban J connectivity index is 1.86. The van der Waals surface area contributed by atoms with E-state index in [1.165, 1.54) is 26.2 Å². The van der Waals surface area contributed by atoms with Gasteiger partial charge in [0.2, 0.25) is 10.0 Å². The van der Waals surface area contributed by atoms with Gasteiger partial charge >= 0.3 is 5.97 Å². The molecule has 0 amide bonds. The molecule has 0 bridgehead atoms. The Morgan fingerprint density at radius 2 is 1.96 bits per heavy atom. The zero-order valence-corrected chi connectivity index (χ0v) is 17.2. The summed E-state index contributed by atoms with van der Waals surface area (Å²) in [7, 11) is -0.734. The van der Waals surface area contributed by atoms with Crippen LogP contribution in [0.25, 0.3) is 0 Å². The second-order valence-electron chi connectivity index (χ2n) is 7.15. The summed E-state index contributed by atoms with van der Waals surface area (Å²) in [5, 5.41) is 0. The standard InChI is InChI=1S/C19H28N2O6S/c1-20(2)28(23,24)16-6-7-18(21-8-11-25-12-9-21)17(13-16)19(22)27-14-15-5-3-4-10-26-15/h6-7,13,15H,3-5,8-12,14H2,1-2H3. The number of morpholine rings is 1. The lowest BCUT2D eigenvalue weighted by Crippen LogP contribution is -2.37. The molecule has 0 spiro atoms. The van der Waals surface area contributed by atoms with Crippen molar-refractivity contribution in [3.8, 4) is 0 Å². The summed E-state index contributed by atoms with van der Waals surface area (Å²) in [6.45, 7) is 3.23. The van der Waals surface area contributed by atoms with Crippen LogP contribution in [-0.4, -0.2) is 78.4 Å².